The molecular weight excluding hydrogens is 368 g/mol. The Balaban J connectivity index is 1.91. The summed E-state index contributed by atoms with van der Waals surface area (Å²) in [5.41, 5.74) is 0. The molecule has 0 bridgehead atoms. The fourth-order valence-corrected chi connectivity index (χ4v) is 8.68. The van der Waals surface area contributed by atoms with E-state index in [4.69, 9.17) is 16.0 Å². The van der Waals surface area contributed by atoms with Crippen LogP contribution in [0.15, 0.2) is 91.0 Å². The highest BCUT2D eigenvalue weighted by Gasteiger charge is 2.45. The molecule has 0 N–H and O–H groups in total. The number of rotatable bonds is 5. The van der Waals surface area contributed by atoms with Gasteiger partial charge in [-0.05, 0) is 28.4 Å². The van der Waals surface area contributed by atoms with Crippen LogP contribution in [0.25, 0.3) is 0 Å². The SMILES string of the molecule is Cl[C@@H]1CCCC[C@H]1O[Si](c1ccccc1)(c1ccccc1)c1ccccc1. The van der Waals surface area contributed by atoms with Gasteiger partial charge in [0.1, 0.15) is 0 Å². The maximum Gasteiger partial charge on any atom is 0.288 e. The van der Waals surface area contributed by atoms with Crippen molar-refractivity contribution >= 4 is 35.5 Å². The van der Waals surface area contributed by atoms with Crippen molar-refractivity contribution in [2.75, 3.05) is 0 Å². The van der Waals surface area contributed by atoms with E-state index in [1.54, 1.807) is 0 Å². The molecule has 1 nitrogen and oxygen atoms in total. The lowest BCUT2D eigenvalue weighted by atomic mass is 9.97. The second kappa shape index (κ2) is 8.43. The van der Waals surface area contributed by atoms with Crippen LogP contribution in [0.5, 0.6) is 0 Å². The largest absolute Gasteiger partial charge is 0.400 e. The average Bonchev–Trinajstić information content (AvgIpc) is 2.75. The van der Waals surface area contributed by atoms with Crippen LogP contribution in [-0.4, -0.2) is 19.8 Å². The monoisotopic (exact) mass is 392 g/mol. The maximum absolute atomic E-state index is 7.16. The van der Waals surface area contributed by atoms with E-state index >= 15 is 0 Å². The lowest BCUT2D eigenvalue weighted by Gasteiger charge is -2.39. The van der Waals surface area contributed by atoms with E-state index in [-0.39, 0.29) is 11.5 Å². The lowest BCUT2D eigenvalue weighted by molar-refractivity contribution is 0.159. The zero-order chi connectivity index (χ0) is 18.5. The van der Waals surface area contributed by atoms with Crippen LogP contribution in [0.2, 0.25) is 0 Å². The molecule has 0 aromatic heterocycles. The molecule has 0 saturated heterocycles. The van der Waals surface area contributed by atoms with Crippen molar-refractivity contribution < 1.29 is 4.43 Å². The summed E-state index contributed by atoms with van der Waals surface area (Å²) in [5, 5.41) is 3.91. The molecule has 0 radical (unpaired) electrons. The highest BCUT2D eigenvalue weighted by atomic mass is 35.5. The van der Waals surface area contributed by atoms with Crippen molar-refractivity contribution in [3.8, 4) is 0 Å². The van der Waals surface area contributed by atoms with Crippen molar-refractivity contribution in [1.29, 1.82) is 0 Å². The minimum Gasteiger partial charge on any atom is -0.400 e. The van der Waals surface area contributed by atoms with Gasteiger partial charge in [-0.1, -0.05) is 104 Å². The van der Waals surface area contributed by atoms with Crippen molar-refractivity contribution in [3.63, 3.8) is 0 Å². The minimum atomic E-state index is -2.64. The van der Waals surface area contributed by atoms with Crippen LogP contribution < -0.4 is 15.6 Å². The molecule has 3 aromatic rings. The summed E-state index contributed by atoms with van der Waals surface area (Å²) in [7, 11) is -2.64. The predicted octanol–water partition coefficient (Wildman–Crippen LogP) is 4.22. The molecule has 27 heavy (non-hydrogen) atoms. The quantitative estimate of drug-likeness (QED) is 0.359. The Kier molecular flexibility index (Phi) is 5.77. The van der Waals surface area contributed by atoms with Gasteiger partial charge < -0.3 is 4.43 Å². The molecule has 1 aliphatic carbocycles. The second-order valence-electron chi connectivity index (χ2n) is 7.24. The van der Waals surface area contributed by atoms with E-state index in [9.17, 15) is 0 Å². The number of hydrogen-bond donors (Lipinski definition) is 0. The first-order valence-corrected chi connectivity index (χ1v) is 12.1. The number of alkyl halides is 1. The molecule has 3 aromatic carbocycles. The van der Waals surface area contributed by atoms with Crippen LogP contribution in [-0.2, 0) is 4.43 Å². The third-order valence-electron chi connectivity index (χ3n) is 5.49. The standard InChI is InChI=1S/C24H25ClOSi/c25-23-18-10-11-19-24(23)26-27(20-12-4-1-5-13-20,21-14-6-2-7-15-21)22-16-8-3-9-17-22/h1-9,12-17,23-24H,10-11,18-19H2/t23-,24-/m1/s1. The first kappa shape index (κ1) is 18.5. The van der Waals surface area contributed by atoms with Gasteiger partial charge in [0.05, 0.1) is 11.5 Å². The first-order chi connectivity index (χ1) is 13.3. The van der Waals surface area contributed by atoms with Crippen LogP contribution in [0, 0.1) is 0 Å². The molecule has 0 spiro atoms. The summed E-state index contributed by atoms with van der Waals surface area (Å²) in [6.07, 6.45) is 4.55. The molecule has 0 aliphatic heterocycles. The van der Waals surface area contributed by atoms with Crippen LogP contribution in [0.1, 0.15) is 25.7 Å². The lowest BCUT2D eigenvalue weighted by Crippen LogP contribution is -2.71. The van der Waals surface area contributed by atoms with E-state index in [0.29, 0.717) is 0 Å². The van der Waals surface area contributed by atoms with Gasteiger partial charge >= 0.3 is 0 Å². The Morgan fingerprint density at radius 1 is 0.630 bits per heavy atom. The average molecular weight is 393 g/mol. The summed E-state index contributed by atoms with van der Waals surface area (Å²) >= 11 is 6.75. The summed E-state index contributed by atoms with van der Waals surface area (Å²) in [6, 6.07) is 32.2. The van der Waals surface area contributed by atoms with Crippen LogP contribution in [0.4, 0.5) is 0 Å². The Bertz CT molecular complexity index is 741. The predicted molar refractivity (Wildman–Crippen MR) is 117 cm³/mol. The molecule has 138 valence electrons. The van der Waals surface area contributed by atoms with Crippen LogP contribution >= 0.6 is 11.6 Å². The van der Waals surface area contributed by atoms with Crippen molar-refractivity contribution in [3.05, 3.63) is 91.0 Å². The van der Waals surface area contributed by atoms with E-state index in [2.05, 4.69) is 91.0 Å². The van der Waals surface area contributed by atoms with Gasteiger partial charge in [-0.25, -0.2) is 0 Å². The Morgan fingerprint density at radius 3 is 1.44 bits per heavy atom. The third-order valence-corrected chi connectivity index (χ3v) is 10.1. The molecule has 0 unspecified atom stereocenters. The Hall–Kier alpha value is -1.87. The highest BCUT2D eigenvalue weighted by molar-refractivity contribution is 7.07. The first-order valence-electron chi connectivity index (χ1n) is 9.79. The Morgan fingerprint density at radius 2 is 1.04 bits per heavy atom. The van der Waals surface area contributed by atoms with Crippen LogP contribution in [0.3, 0.4) is 0 Å². The van der Waals surface area contributed by atoms with Gasteiger partial charge in [0.15, 0.2) is 0 Å². The third kappa shape index (κ3) is 3.75. The molecule has 3 heteroatoms. The van der Waals surface area contributed by atoms with Gasteiger partial charge in [-0.15, -0.1) is 11.6 Å². The number of benzene rings is 3. The summed E-state index contributed by atoms with van der Waals surface area (Å²) in [5.74, 6) is 0. The van der Waals surface area contributed by atoms with Gasteiger partial charge in [-0.3, -0.25) is 0 Å². The maximum atomic E-state index is 7.16. The van der Waals surface area contributed by atoms with E-state index in [1.807, 2.05) is 0 Å². The zero-order valence-corrected chi connectivity index (χ0v) is 17.2. The Labute approximate surface area is 168 Å². The zero-order valence-electron chi connectivity index (χ0n) is 15.4. The molecule has 0 amide bonds. The van der Waals surface area contributed by atoms with E-state index in [1.165, 1.54) is 28.4 Å². The molecule has 2 atom stereocenters. The summed E-state index contributed by atoms with van der Waals surface area (Å²) in [6.45, 7) is 0. The molecular formula is C24H25ClOSi. The normalized spacial score (nSPS) is 20.3. The minimum absolute atomic E-state index is 0.0850. The highest BCUT2D eigenvalue weighted by Crippen LogP contribution is 2.28. The van der Waals surface area contributed by atoms with Gasteiger partial charge in [-0.2, -0.15) is 0 Å². The molecule has 0 heterocycles. The summed E-state index contributed by atoms with van der Waals surface area (Å²) < 4.78 is 7.16. The number of halogens is 1. The molecule has 1 saturated carbocycles. The molecule has 1 fully saturated rings. The smallest absolute Gasteiger partial charge is 0.288 e. The van der Waals surface area contributed by atoms with Crippen molar-refractivity contribution in [2.24, 2.45) is 0 Å². The van der Waals surface area contributed by atoms with Gasteiger partial charge in [0.25, 0.3) is 8.32 Å². The van der Waals surface area contributed by atoms with Crippen molar-refractivity contribution in [2.45, 2.75) is 37.2 Å². The van der Waals surface area contributed by atoms with Gasteiger partial charge in [0, 0.05) is 0 Å². The fraction of sp³-hybridized carbons (Fsp3) is 0.250. The van der Waals surface area contributed by atoms with Crippen molar-refractivity contribution in [1.82, 2.24) is 0 Å². The fourth-order valence-electron chi connectivity index (χ4n) is 4.13. The van der Waals surface area contributed by atoms with Gasteiger partial charge in [0.2, 0.25) is 0 Å². The molecule has 1 aliphatic rings. The summed E-state index contributed by atoms with van der Waals surface area (Å²) in [4.78, 5) is 0. The van der Waals surface area contributed by atoms with E-state index in [0.717, 1.165) is 12.8 Å². The van der Waals surface area contributed by atoms with E-state index < -0.39 is 8.32 Å². The topological polar surface area (TPSA) is 9.23 Å². The molecule has 4 rings (SSSR count). The second-order valence-corrected chi connectivity index (χ2v) is 11.1. The number of hydrogen-bond acceptors (Lipinski definition) is 1.